The minimum Gasteiger partial charge on any atom is -0.451 e. The van der Waals surface area contributed by atoms with Crippen molar-refractivity contribution < 1.29 is 22.7 Å². The summed E-state index contributed by atoms with van der Waals surface area (Å²) in [5.74, 6) is -1.04. The maximum absolute atomic E-state index is 11.9. The Kier molecular flexibility index (Phi) is 4.76. The second-order valence-electron chi connectivity index (χ2n) is 3.38. The van der Waals surface area contributed by atoms with Gasteiger partial charge in [0.15, 0.2) is 6.61 Å². The first-order valence-corrected chi connectivity index (χ1v) is 5.14. The number of rotatable bonds is 4. The van der Waals surface area contributed by atoms with Gasteiger partial charge in [-0.15, -0.1) is 0 Å². The number of nitrogens with one attached hydrogen (secondary N) is 1. The summed E-state index contributed by atoms with van der Waals surface area (Å²) in [6.45, 7) is -0.0697. The lowest BCUT2D eigenvalue weighted by Crippen LogP contribution is -2.23. The van der Waals surface area contributed by atoms with Crippen LogP contribution < -0.4 is 5.32 Å². The molecule has 18 heavy (non-hydrogen) atoms. The van der Waals surface area contributed by atoms with Gasteiger partial charge in [-0.25, -0.2) is 4.79 Å². The SMILES string of the molecule is CC=C(Nc1ccccc1)C(=O)OCC(F)(F)F. The number of alkyl halides is 3. The van der Waals surface area contributed by atoms with E-state index in [1.54, 1.807) is 30.3 Å². The third kappa shape index (κ3) is 4.90. The molecule has 0 aromatic heterocycles. The normalized spacial score (nSPS) is 12.1. The Labute approximate surface area is 102 Å². The van der Waals surface area contributed by atoms with Crippen molar-refractivity contribution in [2.45, 2.75) is 13.1 Å². The minimum atomic E-state index is -4.53. The van der Waals surface area contributed by atoms with Crippen molar-refractivity contribution in [1.82, 2.24) is 0 Å². The number of para-hydroxylation sites is 1. The van der Waals surface area contributed by atoms with Gasteiger partial charge in [0.2, 0.25) is 0 Å². The maximum atomic E-state index is 11.9. The van der Waals surface area contributed by atoms with Crippen LogP contribution in [0.25, 0.3) is 0 Å². The van der Waals surface area contributed by atoms with Crippen molar-refractivity contribution >= 4 is 11.7 Å². The fourth-order valence-corrected chi connectivity index (χ4v) is 1.14. The monoisotopic (exact) mass is 259 g/mol. The standard InChI is InChI=1S/C12H12F3NO2/c1-2-10(11(17)18-8-12(13,14)15)16-9-6-4-3-5-7-9/h2-7,16H,8H2,1H3. The third-order valence-corrected chi connectivity index (χ3v) is 1.93. The van der Waals surface area contributed by atoms with Gasteiger partial charge in [-0.2, -0.15) is 13.2 Å². The molecule has 0 saturated carbocycles. The second-order valence-corrected chi connectivity index (χ2v) is 3.38. The average molecular weight is 259 g/mol. The molecule has 0 aliphatic rings. The lowest BCUT2D eigenvalue weighted by Gasteiger charge is -2.11. The number of carbonyl (C=O) groups excluding carboxylic acids is 1. The fraction of sp³-hybridized carbons (Fsp3) is 0.250. The van der Waals surface area contributed by atoms with Crippen LogP contribution in [0.2, 0.25) is 0 Å². The molecule has 0 aliphatic heterocycles. The first-order chi connectivity index (χ1) is 8.42. The van der Waals surface area contributed by atoms with Gasteiger partial charge >= 0.3 is 12.1 Å². The predicted molar refractivity (Wildman–Crippen MR) is 60.8 cm³/mol. The highest BCUT2D eigenvalue weighted by Crippen LogP contribution is 2.16. The van der Waals surface area contributed by atoms with E-state index in [9.17, 15) is 18.0 Å². The van der Waals surface area contributed by atoms with Crippen molar-refractivity contribution in [3.63, 3.8) is 0 Å². The number of hydrogen-bond donors (Lipinski definition) is 1. The molecule has 1 N–H and O–H groups in total. The van der Waals surface area contributed by atoms with E-state index in [1.807, 2.05) is 0 Å². The maximum Gasteiger partial charge on any atom is 0.422 e. The molecule has 0 heterocycles. The van der Waals surface area contributed by atoms with Crippen LogP contribution in [-0.4, -0.2) is 18.8 Å². The highest BCUT2D eigenvalue weighted by atomic mass is 19.4. The van der Waals surface area contributed by atoms with E-state index < -0.39 is 18.8 Å². The Hall–Kier alpha value is -1.98. The van der Waals surface area contributed by atoms with Gasteiger partial charge in [0, 0.05) is 5.69 Å². The Morgan fingerprint density at radius 2 is 1.94 bits per heavy atom. The molecule has 0 fully saturated rings. The Morgan fingerprint density at radius 1 is 1.33 bits per heavy atom. The smallest absolute Gasteiger partial charge is 0.422 e. The van der Waals surface area contributed by atoms with Crippen LogP contribution >= 0.6 is 0 Å². The Bertz CT molecular complexity index is 427. The molecule has 1 aromatic carbocycles. The fourth-order valence-electron chi connectivity index (χ4n) is 1.14. The number of carbonyl (C=O) groups is 1. The number of esters is 1. The highest BCUT2D eigenvalue weighted by molar-refractivity contribution is 5.91. The summed E-state index contributed by atoms with van der Waals surface area (Å²) in [6.07, 6.45) is -3.17. The molecule has 0 spiro atoms. The van der Waals surface area contributed by atoms with Crippen LogP contribution in [-0.2, 0) is 9.53 Å². The van der Waals surface area contributed by atoms with E-state index in [1.165, 1.54) is 13.0 Å². The van der Waals surface area contributed by atoms with E-state index in [0.717, 1.165) is 0 Å². The molecule has 0 aliphatic carbocycles. The number of hydrogen-bond acceptors (Lipinski definition) is 3. The van der Waals surface area contributed by atoms with E-state index in [4.69, 9.17) is 0 Å². The number of allylic oxidation sites excluding steroid dienone is 1. The summed E-state index contributed by atoms with van der Waals surface area (Å²) in [6, 6.07) is 8.61. The predicted octanol–water partition coefficient (Wildman–Crippen LogP) is 3.11. The number of halogens is 3. The van der Waals surface area contributed by atoms with E-state index in [2.05, 4.69) is 10.1 Å². The molecule has 1 aromatic rings. The molecular weight excluding hydrogens is 247 g/mol. The second kappa shape index (κ2) is 6.09. The molecule has 3 nitrogen and oxygen atoms in total. The van der Waals surface area contributed by atoms with Crippen molar-refractivity contribution in [1.29, 1.82) is 0 Å². The molecule has 0 saturated heterocycles. The van der Waals surface area contributed by atoms with E-state index in [-0.39, 0.29) is 5.70 Å². The summed E-state index contributed by atoms with van der Waals surface area (Å²) in [5, 5.41) is 2.68. The topological polar surface area (TPSA) is 38.3 Å². The highest BCUT2D eigenvalue weighted by Gasteiger charge is 2.30. The summed E-state index contributed by atoms with van der Waals surface area (Å²) < 4.78 is 39.8. The van der Waals surface area contributed by atoms with Crippen molar-refractivity contribution in [3.8, 4) is 0 Å². The first-order valence-electron chi connectivity index (χ1n) is 5.14. The molecule has 0 radical (unpaired) electrons. The van der Waals surface area contributed by atoms with Crippen LogP contribution in [0.1, 0.15) is 6.92 Å². The quantitative estimate of drug-likeness (QED) is 0.667. The van der Waals surface area contributed by atoms with Gasteiger partial charge in [-0.05, 0) is 19.1 Å². The summed E-state index contributed by atoms with van der Waals surface area (Å²) in [7, 11) is 0. The average Bonchev–Trinajstić information content (AvgIpc) is 2.33. The minimum absolute atomic E-state index is 0.0366. The number of ether oxygens (including phenoxy) is 1. The Morgan fingerprint density at radius 3 is 2.44 bits per heavy atom. The first kappa shape index (κ1) is 14.1. The molecule has 1 rings (SSSR count). The van der Waals surface area contributed by atoms with Gasteiger partial charge in [-0.1, -0.05) is 24.3 Å². The van der Waals surface area contributed by atoms with Crippen LogP contribution in [0.5, 0.6) is 0 Å². The largest absolute Gasteiger partial charge is 0.451 e. The molecule has 0 amide bonds. The molecule has 0 atom stereocenters. The van der Waals surface area contributed by atoms with E-state index in [0.29, 0.717) is 5.69 Å². The van der Waals surface area contributed by atoms with Crippen LogP contribution in [0.4, 0.5) is 18.9 Å². The van der Waals surface area contributed by atoms with Gasteiger partial charge in [0.1, 0.15) is 5.70 Å². The van der Waals surface area contributed by atoms with Crippen LogP contribution in [0.3, 0.4) is 0 Å². The van der Waals surface area contributed by atoms with Crippen molar-refractivity contribution in [3.05, 3.63) is 42.1 Å². The van der Waals surface area contributed by atoms with Gasteiger partial charge in [0.25, 0.3) is 0 Å². The Balaban J connectivity index is 2.60. The molecule has 0 bridgehead atoms. The molecule has 0 unspecified atom stereocenters. The molecule has 98 valence electrons. The van der Waals surface area contributed by atoms with Gasteiger partial charge in [0.05, 0.1) is 0 Å². The zero-order valence-corrected chi connectivity index (χ0v) is 9.62. The number of benzene rings is 1. The van der Waals surface area contributed by atoms with Crippen molar-refractivity contribution in [2.75, 3.05) is 11.9 Å². The van der Waals surface area contributed by atoms with Crippen LogP contribution in [0, 0.1) is 0 Å². The molecular formula is C12H12F3NO2. The summed E-state index contributed by atoms with van der Waals surface area (Å²) in [4.78, 5) is 11.4. The van der Waals surface area contributed by atoms with Crippen LogP contribution in [0.15, 0.2) is 42.1 Å². The van der Waals surface area contributed by atoms with Gasteiger partial charge < -0.3 is 10.1 Å². The zero-order chi connectivity index (χ0) is 13.6. The summed E-state index contributed by atoms with van der Waals surface area (Å²) in [5.41, 5.74) is 0.556. The summed E-state index contributed by atoms with van der Waals surface area (Å²) >= 11 is 0. The zero-order valence-electron chi connectivity index (χ0n) is 9.62. The van der Waals surface area contributed by atoms with E-state index >= 15 is 0 Å². The molecule has 6 heteroatoms. The lowest BCUT2D eigenvalue weighted by molar-refractivity contribution is -0.183. The van der Waals surface area contributed by atoms with Crippen molar-refractivity contribution in [2.24, 2.45) is 0 Å². The van der Waals surface area contributed by atoms with Gasteiger partial charge in [-0.3, -0.25) is 0 Å². The third-order valence-electron chi connectivity index (χ3n) is 1.93. The number of anilines is 1. The lowest BCUT2D eigenvalue weighted by atomic mass is 10.3.